The zero-order valence-electron chi connectivity index (χ0n) is 16.0. The highest BCUT2D eigenvalue weighted by Crippen LogP contribution is 2.29. The highest BCUT2D eigenvalue weighted by molar-refractivity contribution is 5.70. The fourth-order valence-electron chi connectivity index (χ4n) is 3.44. The second-order valence-corrected chi connectivity index (χ2v) is 6.84. The van der Waals surface area contributed by atoms with Crippen LogP contribution in [0.1, 0.15) is 11.1 Å². The fourth-order valence-corrected chi connectivity index (χ4v) is 3.44. The molecule has 2 N–H and O–H groups in total. The lowest BCUT2D eigenvalue weighted by Crippen LogP contribution is -2.37. The Kier molecular flexibility index (Phi) is 5.31. The van der Waals surface area contributed by atoms with Gasteiger partial charge in [-0.15, -0.1) is 0 Å². The van der Waals surface area contributed by atoms with E-state index >= 15 is 0 Å². The van der Waals surface area contributed by atoms with Crippen LogP contribution in [0.2, 0.25) is 0 Å². The van der Waals surface area contributed by atoms with Gasteiger partial charge >= 0.3 is 0 Å². The predicted octanol–water partition coefficient (Wildman–Crippen LogP) is 2.54. The molecule has 146 valence electrons. The fraction of sp³-hybridized carbons (Fsp3) is 0.350. The van der Waals surface area contributed by atoms with E-state index in [4.69, 9.17) is 4.74 Å². The summed E-state index contributed by atoms with van der Waals surface area (Å²) in [5.41, 5.74) is 4.40. The molecule has 0 spiro atoms. The molecule has 0 atom stereocenters. The van der Waals surface area contributed by atoms with Crippen molar-refractivity contribution in [1.29, 1.82) is 0 Å². The third kappa shape index (κ3) is 3.74. The molecule has 1 aromatic carbocycles. The van der Waals surface area contributed by atoms with E-state index in [9.17, 15) is 4.39 Å². The van der Waals surface area contributed by atoms with Crippen LogP contribution in [0, 0.1) is 12.7 Å². The van der Waals surface area contributed by atoms with Crippen molar-refractivity contribution in [1.82, 2.24) is 25.5 Å². The van der Waals surface area contributed by atoms with Gasteiger partial charge in [0.15, 0.2) is 0 Å². The second-order valence-electron chi connectivity index (χ2n) is 6.84. The van der Waals surface area contributed by atoms with Gasteiger partial charge in [-0.25, -0.2) is 14.4 Å². The topological polar surface area (TPSA) is 79.0 Å². The van der Waals surface area contributed by atoms with Crippen molar-refractivity contribution >= 4 is 5.95 Å². The van der Waals surface area contributed by atoms with E-state index < -0.39 is 0 Å². The Morgan fingerprint density at radius 2 is 1.93 bits per heavy atom. The summed E-state index contributed by atoms with van der Waals surface area (Å²) in [4.78, 5) is 11.0. The monoisotopic (exact) mass is 382 g/mol. The van der Waals surface area contributed by atoms with Crippen molar-refractivity contribution in [3.05, 3.63) is 47.5 Å². The number of anilines is 1. The van der Waals surface area contributed by atoms with Crippen LogP contribution in [0.4, 0.5) is 10.3 Å². The summed E-state index contributed by atoms with van der Waals surface area (Å²) in [6.07, 6.45) is 3.49. The first-order valence-corrected chi connectivity index (χ1v) is 9.30. The molecule has 1 fully saturated rings. The zero-order valence-corrected chi connectivity index (χ0v) is 16.0. The summed E-state index contributed by atoms with van der Waals surface area (Å²) < 4.78 is 20.0. The van der Waals surface area contributed by atoms with Crippen molar-refractivity contribution < 1.29 is 9.13 Å². The SMILES string of the molecule is CNCc1cc(C)c(-c2cc(-c3cnc(N4CCOCC4)nc3)n[nH]2)c(F)c1. The van der Waals surface area contributed by atoms with Crippen LogP contribution in [0.5, 0.6) is 0 Å². The van der Waals surface area contributed by atoms with Crippen LogP contribution >= 0.6 is 0 Å². The number of ether oxygens (including phenoxy) is 1. The maximum absolute atomic E-state index is 14.7. The van der Waals surface area contributed by atoms with Gasteiger partial charge in [0.1, 0.15) is 5.82 Å². The zero-order chi connectivity index (χ0) is 19.5. The van der Waals surface area contributed by atoms with E-state index in [1.807, 2.05) is 26.1 Å². The number of morpholine rings is 1. The number of hydrogen-bond acceptors (Lipinski definition) is 6. The van der Waals surface area contributed by atoms with E-state index in [0.29, 0.717) is 42.7 Å². The third-order valence-electron chi connectivity index (χ3n) is 4.80. The van der Waals surface area contributed by atoms with Crippen LogP contribution in [0.25, 0.3) is 22.5 Å². The molecule has 0 amide bonds. The third-order valence-corrected chi connectivity index (χ3v) is 4.80. The number of halogens is 1. The predicted molar refractivity (Wildman–Crippen MR) is 106 cm³/mol. The molecule has 1 aliphatic rings. The summed E-state index contributed by atoms with van der Waals surface area (Å²) >= 11 is 0. The van der Waals surface area contributed by atoms with Crippen molar-refractivity contribution in [3.63, 3.8) is 0 Å². The maximum atomic E-state index is 14.7. The molecule has 7 nitrogen and oxygen atoms in total. The van der Waals surface area contributed by atoms with Crippen LogP contribution in [-0.4, -0.2) is 53.5 Å². The summed E-state index contributed by atoms with van der Waals surface area (Å²) in [5, 5.41) is 10.3. The average Bonchev–Trinajstić information content (AvgIpc) is 3.18. The normalized spacial score (nSPS) is 14.5. The molecular formula is C20H23FN6O. The number of H-pyrrole nitrogens is 1. The first-order valence-electron chi connectivity index (χ1n) is 9.30. The van der Waals surface area contributed by atoms with E-state index in [1.54, 1.807) is 18.5 Å². The van der Waals surface area contributed by atoms with E-state index in [1.165, 1.54) is 0 Å². The van der Waals surface area contributed by atoms with Gasteiger partial charge in [0.25, 0.3) is 0 Å². The van der Waals surface area contributed by atoms with Gasteiger partial charge in [0.05, 0.1) is 24.6 Å². The Labute approximate surface area is 163 Å². The lowest BCUT2D eigenvalue weighted by molar-refractivity contribution is 0.122. The smallest absolute Gasteiger partial charge is 0.225 e. The summed E-state index contributed by atoms with van der Waals surface area (Å²) in [6.45, 7) is 5.47. The summed E-state index contributed by atoms with van der Waals surface area (Å²) in [5.74, 6) is 0.421. The number of hydrogen-bond donors (Lipinski definition) is 2. The number of nitrogens with zero attached hydrogens (tertiary/aromatic N) is 4. The highest BCUT2D eigenvalue weighted by atomic mass is 19.1. The van der Waals surface area contributed by atoms with Gasteiger partial charge in [-0.2, -0.15) is 5.10 Å². The first kappa shape index (κ1) is 18.5. The number of aromatic nitrogens is 4. The highest BCUT2D eigenvalue weighted by Gasteiger charge is 2.16. The van der Waals surface area contributed by atoms with Gasteiger partial charge in [0, 0.05) is 43.2 Å². The molecule has 0 bridgehead atoms. The van der Waals surface area contributed by atoms with Crippen molar-refractivity contribution in [2.45, 2.75) is 13.5 Å². The van der Waals surface area contributed by atoms with Crippen molar-refractivity contribution in [2.24, 2.45) is 0 Å². The molecule has 0 aliphatic carbocycles. The molecule has 4 rings (SSSR count). The summed E-state index contributed by atoms with van der Waals surface area (Å²) in [7, 11) is 1.84. The first-order chi connectivity index (χ1) is 13.7. The average molecular weight is 382 g/mol. The lowest BCUT2D eigenvalue weighted by Gasteiger charge is -2.26. The Bertz CT molecular complexity index is 927. The number of rotatable bonds is 5. The quantitative estimate of drug-likeness (QED) is 0.706. The number of benzene rings is 1. The second kappa shape index (κ2) is 8.04. The molecule has 1 saturated heterocycles. The molecule has 0 radical (unpaired) electrons. The summed E-state index contributed by atoms with van der Waals surface area (Å²) in [6, 6.07) is 5.37. The lowest BCUT2D eigenvalue weighted by atomic mass is 10.0. The Balaban J connectivity index is 1.58. The molecule has 1 aliphatic heterocycles. The molecule has 3 aromatic rings. The van der Waals surface area contributed by atoms with Crippen molar-refractivity contribution in [2.75, 3.05) is 38.3 Å². The number of aryl methyl sites for hydroxylation is 1. The minimum absolute atomic E-state index is 0.264. The van der Waals surface area contributed by atoms with Gasteiger partial charge in [-0.1, -0.05) is 6.07 Å². The van der Waals surface area contributed by atoms with Gasteiger partial charge in [-0.3, -0.25) is 5.10 Å². The van der Waals surface area contributed by atoms with E-state index in [2.05, 4.69) is 30.4 Å². The molecule has 2 aromatic heterocycles. The van der Waals surface area contributed by atoms with Crippen LogP contribution < -0.4 is 10.2 Å². The van der Waals surface area contributed by atoms with Crippen LogP contribution in [0.3, 0.4) is 0 Å². The number of nitrogens with one attached hydrogen (secondary N) is 2. The van der Waals surface area contributed by atoms with E-state index in [0.717, 1.165) is 29.8 Å². The van der Waals surface area contributed by atoms with Crippen molar-refractivity contribution in [3.8, 4) is 22.5 Å². The Morgan fingerprint density at radius 1 is 1.18 bits per heavy atom. The van der Waals surface area contributed by atoms with Gasteiger partial charge in [0.2, 0.25) is 5.95 Å². The molecular weight excluding hydrogens is 359 g/mol. The standard InChI is InChI=1S/C20H23FN6O/c1-13-7-14(10-22-2)8-16(21)19(13)18-9-17(25-26-18)15-11-23-20(24-12-15)27-3-5-28-6-4-27/h7-9,11-12,22H,3-6,10H2,1-2H3,(H,25,26). The minimum atomic E-state index is -0.264. The molecule has 0 unspecified atom stereocenters. The van der Waals surface area contributed by atoms with Crippen LogP contribution in [0.15, 0.2) is 30.6 Å². The van der Waals surface area contributed by atoms with E-state index in [-0.39, 0.29) is 5.82 Å². The van der Waals surface area contributed by atoms with Gasteiger partial charge in [-0.05, 0) is 37.2 Å². The number of aromatic amines is 1. The van der Waals surface area contributed by atoms with Gasteiger partial charge < -0.3 is 15.0 Å². The molecule has 8 heteroatoms. The Hall–Kier alpha value is -2.84. The molecule has 0 saturated carbocycles. The maximum Gasteiger partial charge on any atom is 0.225 e. The largest absolute Gasteiger partial charge is 0.378 e. The minimum Gasteiger partial charge on any atom is -0.378 e. The molecule has 3 heterocycles. The Morgan fingerprint density at radius 3 is 2.61 bits per heavy atom. The molecule has 28 heavy (non-hydrogen) atoms. The van der Waals surface area contributed by atoms with Crippen LogP contribution in [-0.2, 0) is 11.3 Å².